The molecular formula is C18H27N3O3. The van der Waals surface area contributed by atoms with E-state index in [1.54, 1.807) is 0 Å². The molecule has 1 aliphatic rings. The molecule has 1 amide bonds. The van der Waals surface area contributed by atoms with Crippen LogP contribution in [0.25, 0.3) is 0 Å². The number of rotatable bonds is 7. The van der Waals surface area contributed by atoms with Gasteiger partial charge in [-0.15, -0.1) is 0 Å². The lowest BCUT2D eigenvalue weighted by Gasteiger charge is -2.36. The van der Waals surface area contributed by atoms with E-state index < -0.39 is 0 Å². The quantitative estimate of drug-likeness (QED) is 0.756. The topological polar surface area (TPSA) is 75.9 Å². The number of anilines is 1. The molecule has 2 N–H and O–H groups in total. The minimum atomic E-state index is -0.273. The van der Waals surface area contributed by atoms with Gasteiger partial charge in [0.1, 0.15) is 0 Å². The van der Waals surface area contributed by atoms with Crippen molar-refractivity contribution in [3.63, 3.8) is 0 Å². The van der Waals surface area contributed by atoms with Crippen LogP contribution in [0.5, 0.6) is 0 Å². The molecular weight excluding hydrogens is 306 g/mol. The number of ether oxygens (including phenoxy) is 1. The molecule has 24 heavy (non-hydrogen) atoms. The summed E-state index contributed by atoms with van der Waals surface area (Å²) in [6, 6.07) is 6.35. The number of hydrogen-bond donors (Lipinski definition) is 1. The maximum Gasteiger partial charge on any atom is 0.306 e. The van der Waals surface area contributed by atoms with Gasteiger partial charge in [0.15, 0.2) is 0 Å². The lowest BCUT2D eigenvalue weighted by molar-refractivity contribution is -0.143. The van der Waals surface area contributed by atoms with Gasteiger partial charge >= 0.3 is 5.97 Å². The molecule has 1 aliphatic heterocycles. The zero-order valence-electron chi connectivity index (χ0n) is 14.6. The molecule has 0 spiro atoms. The maximum absolute atomic E-state index is 11.5. The Kier molecular flexibility index (Phi) is 6.61. The Morgan fingerprint density at radius 1 is 1.21 bits per heavy atom. The lowest BCUT2D eigenvalue weighted by Crippen LogP contribution is -2.49. The summed E-state index contributed by atoms with van der Waals surface area (Å²) in [4.78, 5) is 26.9. The van der Waals surface area contributed by atoms with Crippen molar-refractivity contribution in [1.29, 1.82) is 0 Å². The van der Waals surface area contributed by atoms with Gasteiger partial charge in [-0.2, -0.15) is 0 Å². The first-order chi connectivity index (χ1) is 11.5. The Labute approximate surface area is 143 Å². The number of aryl methyl sites for hydroxylation is 2. The van der Waals surface area contributed by atoms with Gasteiger partial charge in [-0.05, 0) is 37.5 Å². The molecule has 1 aromatic carbocycles. The number of hydrogen-bond acceptors (Lipinski definition) is 5. The molecule has 0 saturated carbocycles. The second-order valence-electron chi connectivity index (χ2n) is 6.16. The number of nitrogens with two attached hydrogens (primary N) is 1. The molecule has 1 aromatic rings. The maximum atomic E-state index is 11.5. The first kappa shape index (κ1) is 18.3. The Hall–Kier alpha value is -2.08. The first-order valence-corrected chi connectivity index (χ1v) is 8.50. The van der Waals surface area contributed by atoms with Crippen molar-refractivity contribution in [1.82, 2.24) is 4.90 Å². The van der Waals surface area contributed by atoms with E-state index in [0.29, 0.717) is 26.0 Å². The Morgan fingerprint density at radius 3 is 2.50 bits per heavy atom. The standard InChI is InChI=1S/C18H27N3O3/c1-3-24-18(23)7-5-15-4-6-16(14(2)12-15)21-10-8-20(9-11-21)13-17(19)22/h4,6,12H,3,5,7-11,13H2,1-2H3,(H2,19,22). The largest absolute Gasteiger partial charge is 0.466 e. The Balaban J connectivity index is 1.91. The number of amides is 1. The minimum Gasteiger partial charge on any atom is -0.466 e. The molecule has 0 aliphatic carbocycles. The van der Waals surface area contributed by atoms with Crippen LogP contribution in [0.3, 0.4) is 0 Å². The van der Waals surface area contributed by atoms with Crippen molar-refractivity contribution in [2.45, 2.75) is 26.7 Å². The highest BCUT2D eigenvalue weighted by molar-refractivity contribution is 5.76. The van der Waals surface area contributed by atoms with Crippen LogP contribution < -0.4 is 10.6 Å². The second kappa shape index (κ2) is 8.68. The minimum absolute atomic E-state index is 0.148. The van der Waals surface area contributed by atoms with Crippen molar-refractivity contribution < 1.29 is 14.3 Å². The molecule has 1 heterocycles. The molecule has 1 saturated heterocycles. The average molecular weight is 333 g/mol. The van der Waals surface area contributed by atoms with Crippen molar-refractivity contribution in [2.75, 3.05) is 44.2 Å². The summed E-state index contributed by atoms with van der Waals surface area (Å²) in [6.45, 7) is 8.13. The van der Waals surface area contributed by atoms with Gasteiger partial charge in [0.2, 0.25) is 5.91 Å². The fourth-order valence-electron chi connectivity index (χ4n) is 3.07. The van der Waals surface area contributed by atoms with E-state index in [9.17, 15) is 9.59 Å². The molecule has 1 fully saturated rings. The molecule has 0 atom stereocenters. The highest BCUT2D eigenvalue weighted by Crippen LogP contribution is 2.23. The van der Waals surface area contributed by atoms with E-state index in [1.807, 2.05) is 6.92 Å². The van der Waals surface area contributed by atoms with E-state index in [4.69, 9.17) is 10.5 Å². The summed E-state index contributed by atoms with van der Waals surface area (Å²) < 4.78 is 4.97. The third-order valence-electron chi connectivity index (χ3n) is 4.28. The summed E-state index contributed by atoms with van der Waals surface area (Å²) in [5.41, 5.74) is 8.83. The number of nitrogens with zero attached hydrogens (tertiary/aromatic N) is 2. The summed E-state index contributed by atoms with van der Waals surface area (Å²) in [5.74, 6) is -0.421. The molecule has 0 radical (unpaired) electrons. The summed E-state index contributed by atoms with van der Waals surface area (Å²) in [5, 5.41) is 0. The summed E-state index contributed by atoms with van der Waals surface area (Å²) in [7, 11) is 0. The van der Waals surface area contributed by atoms with Crippen molar-refractivity contribution in [3.05, 3.63) is 29.3 Å². The molecule has 6 heteroatoms. The summed E-state index contributed by atoms with van der Waals surface area (Å²) >= 11 is 0. The van der Waals surface area contributed by atoms with E-state index >= 15 is 0 Å². The van der Waals surface area contributed by atoms with Gasteiger partial charge in [-0.25, -0.2) is 0 Å². The van der Waals surface area contributed by atoms with Crippen LogP contribution >= 0.6 is 0 Å². The third-order valence-corrected chi connectivity index (χ3v) is 4.28. The third kappa shape index (κ3) is 5.23. The fourth-order valence-corrected chi connectivity index (χ4v) is 3.07. The van der Waals surface area contributed by atoms with Crippen LogP contribution in [-0.4, -0.2) is 56.1 Å². The van der Waals surface area contributed by atoms with Crippen LogP contribution in [-0.2, 0) is 20.7 Å². The van der Waals surface area contributed by atoms with Crippen molar-refractivity contribution in [2.24, 2.45) is 5.73 Å². The number of primary amides is 1. The number of piperazine rings is 1. The average Bonchev–Trinajstić information content (AvgIpc) is 2.54. The number of benzene rings is 1. The molecule has 6 nitrogen and oxygen atoms in total. The van der Waals surface area contributed by atoms with E-state index in [2.05, 4.69) is 34.9 Å². The molecule has 132 valence electrons. The van der Waals surface area contributed by atoms with Crippen LogP contribution in [0.1, 0.15) is 24.5 Å². The summed E-state index contributed by atoms with van der Waals surface area (Å²) in [6.07, 6.45) is 1.12. The van der Waals surface area contributed by atoms with Gasteiger partial charge in [-0.1, -0.05) is 12.1 Å². The van der Waals surface area contributed by atoms with Gasteiger partial charge in [0.05, 0.1) is 13.2 Å². The van der Waals surface area contributed by atoms with Gasteiger partial charge in [-0.3, -0.25) is 14.5 Å². The van der Waals surface area contributed by atoms with Crippen LogP contribution in [0.4, 0.5) is 5.69 Å². The predicted molar refractivity (Wildman–Crippen MR) is 94.0 cm³/mol. The zero-order valence-corrected chi connectivity index (χ0v) is 14.6. The van der Waals surface area contributed by atoms with E-state index in [-0.39, 0.29) is 11.9 Å². The Morgan fingerprint density at radius 2 is 1.92 bits per heavy atom. The first-order valence-electron chi connectivity index (χ1n) is 8.50. The highest BCUT2D eigenvalue weighted by Gasteiger charge is 2.19. The Bertz CT molecular complexity index is 581. The molecule has 0 aromatic heterocycles. The van der Waals surface area contributed by atoms with Crippen LogP contribution in [0.15, 0.2) is 18.2 Å². The lowest BCUT2D eigenvalue weighted by atomic mass is 10.0. The normalized spacial score (nSPS) is 15.3. The number of esters is 1. The van der Waals surface area contributed by atoms with E-state index in [1.165, 1.54) is 11.3 Å². The van der Waals surface area contributed by atoms with Crippen LogP contribution in [0.2, 0.25) is 0 Å². The monoisotopic (exact) mass is 333 g/mol. The molecule has 2 rings (SSSR count). The molecule has 0 unspecified atom stereocenters. The van der Waals surface area contributed by atoms with Crippen molar-refractivity contribution in [3.8, 4) is 0 Å². The second-order valence-corrected chi connectivity index (χ2v) is 6.16. The van der Waals surface area contributed by atoms with Gasteiger partial charge in [0, 0.05) is 38.3 Å². The van der Waals surface area contributed by atoms with Gasteiger partial charge in [0.25, 0.3) is 0 Å². The molecule has 0 bridgehead atoms. The van der Waals surface area contributed by atoms with E-state index in [0.717, 1.165) is 31.7 Å². The smallest absolute Gasteiger partial charge is 0.306 e. The van der Waals surface area contributed by atoms with Crippen molar-refractivity contribution >= 4 is 17.6 Å². The van der Waals surface area contributed by atoms with Gasteiger partial charge < -0.3 is 15.4 Å². The number of carbonyl (C=O) groups is 2. The highest BCUT2D eigenvalue weighted by atomic mass is 16.5. The van der Waals surface area contributed by atoms with Crippen LogP contribution in [0, 0.1) is 6.92 Å². The predicted octanol–water partition coefficient (Wildman–Crippen LogP) is 1.10. The number of carbonyl (C=O) groups excluding carboxylic acids is 2. The zero-order chi connectivity index (χ0) is 17.5. The fraction of sp³-hybridized carbons (Fsp3) is 0.556. The SMILES string of the molecule is CCOC(=O)CCc1ccc(N2CCN(CC(N)=O)CC2)c(C)c1.